The molecule has 2 aliphatic heterocycles. The maximum Gasteiger partial charge on any atom is 0.328 e. The predicted molar refractivity (Wildman–Crippen MR) is 123 cm³/mol. The summed E-state index contributed by atoms with van der Waals surface area (Å²) in [6.07, 6.45) is 3.26. The van der Waals surface area contributed by atoms with Gasteiger partial charge in [-0.15, -0.1) is 0 Å². The van der Waals surface area contributed by atoms with Crippen molar-refractivity contribution in [1.82, 2.24) is 24.5 Å². The van der Waals surface area contributed by atoms with Gasteiger partial charge in [-0.25, -0.2) is 4.79 Å². The Morgan fingerprint density at radius 2 is 1.88 bits per heavy atom. The van der Waals surface area contributed by atoms with Crippen LogP contribution >= 0.6 is 0 Å². The third kappa shape index (κ3) is 4.47. The Bertz CT molecular complexity index is 1010. The number of amides is 3. The highest BCUT2D eigenvalue weighted by molar-refractivity contribution is 6.07. The van der Waals surface area contributed by atoms with Gasteiger partial charge in [0.1, 0.15) is 11.3 Å². The molecular weight excluding hydrogens is 422 g/mol. The van der Waals surface area contributed by atoms with Crippen molar-refractivity contribution in [3.63, 3.8) is 0 Å². The minimum atomic E-state index is -0.811. The topological polar surface area (TPSA) is 80.1 Å². The number of benzene rings is 1. The fourth-order valence-electron chi connectivity index (χ4n) is 4.98. The number of imide groups is 1. The van der Waals surface area contributed by atoms with E-state index >= 15 is 0 Å². The molecule has 3 amide bonds. The molecule has 1 aromatic heterocycles. The van der Waals surface area contributed by atoms with Crippen LogP contribution in [-0.2, 0) is 29.7 Å². The molecule has 2 saturated heterocycles. The van der Waals surface area contributed by atoms with Gasteiger partial charge in [0.25, 0.3) is 5.91 Å². The van der Waals surface area contributed by atoms with Gasteiger partial charge in [0, 0.05) is 52.1 Å². The van der Waals surface area contributed by atoms with E-state index in [4.69, 9.17) is 9.47 Å². The Morgan fingerprint density at radius 1 is 1.12 bits per heavy atom. The summed E-state index contributed by atoms with van der Waals surface area (Å²) in [5.74, 6) is 0.597. The van der Waals surface area contributed by atoms with E-state index < -0.39 is 5.54 Å². The maximum absolute atomic E-state index is 13.7. The first-order valence-corrected chi connectivity index (χ1v) is 11.3. The Morgan fingerprint density at radius 3 is 2.52 bits per heavy atom. The minimum absolute atomic E-state index is 0.108. The second kappa shape index (κ2) is 9.52. The van der Waals surface area contributed by atoms with Crippen LogP contribution < -0.4 is 4.74 Å². The number of likely N-dealkylation sites (tertiary alicyclic amines) is 1. The smallest absolute Gasteiger partial charge is 0.328 e. The van der Waals surface area contributed by atoms with Gasteiger partial charge >= 0.3 is 6.03 Å². The quantitative estimate of drug-likeness (QED) is 0.568. The molecule has 0 aliphatic carbocycles. The number of carbonyl (C=O) groups is 2. The van der Waals surface area contributed by atoms with E-state index in [1.54, 1.807) is 19.1 Å². The summed E-state index contributed by atoms with van der Waals surface area (Å²) >= 11 is 0. The number of rotatable bonds is 8. The fraction of sp³-hybridized carbons (Fsp3) is 0.542. The van der Waals surface area contributed by atoms with Crippen molar-refractivity contribution in [3.05, 3.63) is 47.3 Å². The molecule has 0 radical (unpaired) electrons. The number of aryl methyl sites for hydroxylation is 2. The Balaban J connectivity index is 1.52. The van der Waals surface area contributed by atoms with E-state index in [2.05, 4.69) is 10.00 Å². The van der Waals surface area contributed by atoms with Crippen molar-refractivity contribution in [3.8, 4) is 5.75 Å². The Hall–Kier alpha value is -2.91. The van der Waals surface area contributed by atoms with Crippen LogP contribution in [0, 0.1) is 6.92 Å². The second-order valence-corrected chi connectivity index (χ2v) is 8.89. The minimum Gasteiger partial charge on any atom is -0.497 e. The number of nitrogens with zero attached hydrogens (tertiary/aromatic N) is 5. The van der Waals surface area contributed by atoms with Crippen molar-refractivity contribution < 1.29 is 19.1 Å². The SMILES string of the molecule is COCCN1C(=O)N(Cc2cccc(OC)c2)C(=O)C12CCN(Cc1cn(C)nc1C)CC2. The van der Waals surface area contributed by atoms with Crippen LogP contribution in [0.2, 0.25) is 0 Å². The molecule has 0 saturated carbocycles. The third-order valence-corrected chi connectivity index (χ3v) is 6.81. The van der Waals surface area contributed by atoms with Crippen LogP contribution in [0.4, 0.5) is 4.79 Å². The molecule has 2 aromatic rings. The maximum atomic E-state index is 13.7. The van der Waals surface area contributed by atoms with Crippen LogP contribution in [0.3, 0.4) is 0 Å². The van der Waals surface area contributed by atoms with Crippen LogP contribution in [0.1, 0.15) is 29.7 Å². The largest absolute Gasteiger partial charge is 0.497 e. The van der Waals surface area contributed by atoms with Gasteiger partial charge in [-0.2, -0.15) is 5.10 Å². The highest BCUT2D eigenvalue weighted by Gasteiger charge is 2.57. The normalized spacial score (nSPS) is 18.5. The molecule has 178 valence electrons. The van der Waals surface area contributed by atoms with Gasteiger partial charge in [-0.05, 0) is 37.5 Å². The number of urea groups is 1. The summed E-state index contributed by atoms with van der Waals surface area (Å²) in [7, 11) is 5.14. The molecule has 0 atom stereocenters. The van der Waals surface area contributed by atoms with E-state index in [-0.39, 0.29) is 18.5 Å². The molecule has 33 heavy (non-hydrogen) atoms. The second-order valence-electron chi connectivity index (χ2n) is 8.89. The molecule has 1 spiro atoms. The lowest BCUT2D eigenvalue weighted by atomic mass is 9.85. The number of methoxy groups -OCH3 is 2. The summed E-state index contributed by atoms with van der Waals surface area (Å²) in [5, 5.41) is 4.43. The summed E-state index contributed by atoms with van der Waals surface area (Å²) < 4.78 is 12.4. The molecule has 9 heteroatoms. The van der Waals surface area contributed by atoms with Gasteiger partial charge in [0.15, 0.2) is 0 Å². The van der Waals surface area contributed by atoms with Gasteiger partial charge in [-0.3, -0.25) is 19.3 Å². The standard InChI is InChI=1S/C24H33N5O4/c1-18-20(16-26(2)25-18)17-27-10-8-24(9-11-27)22(30)28(23(31)29(24)12-13-32-3)15-19-6-5-7-21(14-19)33-4/h5-7,14,16H,8-13,15,17H2,1-4H3. The molecule has 9 nitrogen and oxygen atoms in total. The number of aromatic nitrogens is 2. The number of carbonyl (C=O) groups excluding carboxylic acids is 2. The molecule has 0 unspecified atom stereocenters. The molecule has 4 rings (SSSR count). The van der Waals surface area contributed by atoms with Gasteiger partial charge < -0.3 is 14.4 Å². The fourth-order valence-corrected chi connectivity index (χ4v) is 4.98. The monoisotopic (exact) mass is 455 g/mol. The zero-order chi connectivity index (χ0) is 23.6. The van der Waals surface area contributed by atoms with Crippen molar-refractivity contribution in [2.45, 2.75) is 38.4 Å². The zero-order valence-corrected chi connectivity index (χ0v) is 19.9. The first-order valence-electron chi connectivity index (χ1n) is 11.3. The molecule has 2 fully saturated rings. The Labute approximate surface area is 194 Å². The molecule has 3 heterocycles. The summed E-state index contributed by atoms with van der Waals surface area (Å²) in [5.41, 5.74) is 2.27. The molecule has 0 bridgehead atoms. The van der Waals surface area contributed by atoms with Gasteiger partial charge in [-0.1, -0.05) is 12.1 Å². The van der Waals surface area contributed by atoms with Crippen molar-refractivity contribution in [2.75, 3.05) is 40.5 Å². The lowest BCUT2D eigenvalue weighted by Crippen LogP contribution is -2.57. The highest BCUT2D eigenvalue weighted by atomic mass is 16.5. The summed E-state index contributed by atoms with van der Waals surface area (Å²) in [4.78, 5) is 32.6. The van der Waals surface area contributed by atoms with Crippen molar-refractivity contribution in [2.24, 2.45) is 7.05 Å². The molecule has 2 aliphatic rings. The zero-order valence-electron chi connectivity index (χ0n) is 19.9. The molecular formula is C24H33N5O4. The number of hydrogen-bond donors (Lipinski definition) is 0. The predicted octanol–water partition coefficient (Wildman–Crippen LogP) is 2.18. The average molecular weight is 456 g/mol. The number of hydrogen-bond acceptors (Lipinski definition) is 6. The lowest BCUT2D eigenvalue weighted by molar-refractivity contribution is -0.136. The highest BCUT2D eigenvalue weighted by Crippen LogP contribution is 2.38. The van der Waals surface area contributed by atoms with Gasteiger partial charge in [0.2, 0.25) is 0 Å². The van der Waals surface area contributed by atoms with Crippen molar-refractivity contribution >= 4 is 11.9 Å². The van der Waals surface area contributed by atoms with Crippen LogP contribution in [0.5, 0.6) is 5.75 Å². The Kier molecular flexibility index (Phi) is 6.71. The van der Waals surface area contributed by atoms with Crippen molar-refractivity contribution in [1.29, 1.82) is 0 Å². The van der Waals surface area contributed by atoms with E-state index in [1.807, 2.05) is 49.1 Å². The summed E-state index contributed by atoms with van der Waals surface area (Å²) in [6, 6.07) is 7.26. The summed E-state index contributed by atoms with van der Waals surface area (Å²) in [6.45, 7) is 5.32. The van der Waals surface area contributed by atoms with E-state index in [0.717, 1.165) is 30.9 Å². The van der Waals surface area contributed by atoms with Crippen LogP contribution in [0.15, 0.2) is 30.5 Å². The average Bonchev–Trinajstić information content (AvgIpc) is 3.22. The van der Waals surface area contributed by atoms with E-state index in [0.29, 0.717) is 31.7 Å². The first-order chi connectivity index (χ1) is 15.9. The molecule has 1 aromatic carbocycles. The first kappa shape index (κ1) is 23.3. The molecule has 0 N–H and O–H groups in total. The van der Waals surface area contributed by atoms with Crippen LogP contribution in [0.25, 0.3) is 0 Å². The van der Waals surface area contributed by atoms with Crippen LogP contribution in [-0.4, -0.2) is 82.4 Å². The number of piperidine rings is 1. The lowest BCUT2D eigenvalue weighted by Gasteiger charge is -2.42. The van der Waals surface area contributed by atoms with Gasteiger partial charge in [0.05, 0.1) is 26.0 Å². The van der Waals surface area contributed by atoms with E-state index in [9.17, 15) is 9.59 Å². The number of ether oxygens (including phenoxy) is 2. The third-order valence-electron chi connectivity index (χ3n) is 6.81. The van der Waals surface area contributed by atoms with E-state index in [1.165, 1.54) is 10.5 Å².